The maximum Gasteiger partial charge on any atom is 0.308 e. The van der Waals surface area contributed by atoms with Gasteiger partial charge in [-0.05, 0) is 31.0 Å². The Morgan fingerprint density at radius 3 is 2.54 bits per heavy atom. The van der Waals surface area contributed by atoms with Crippen LogP contribution in [0.5, 0.6) is 5.75 Å². The number of nitrogens with one attached hydrogen (secondary N) is 1. The largest absolute Gasteiger partial charge is 0.484 e. The molecule has 1 amide bonds. The Labute approximate surface area is 141 Å². The Kier molecular flexibility index (Phi) is 6.37. The number of carbonyl (C=O) groups excluding carboxylic acids is 1. The molecule has 0 saturated carbocycles. The van der Waals surface area contributed by atoms with E-state index in [2.05, 4.69) is 5.32 Å². The summed E-state index contributed by atoms with van der Waals surface area (Å²) in [7, 11) is 0. The van der Waals surface area contributed by atoms with Gasteiger partial charge in [0.1, 0.15) is 5.75 Å². The van der Waals surface area contributed by atoms with Crippen molar-refractivity contribution in [2.75, 3.05) is 13.2 Å². The number of rotatable bonds is 8. The molecule has 2 aromatic carbocycles. The molecule has 1 unspecified atom stereocenters. The van der Waals surface area contributed by atoms with Gasteiger partial charge in [-0.25, -0.2) is 0 Å². The lowest BCUT2D eigenvalue weighted by Gasteiger charge is -2.14. The van der Waals surface area contributed by atoms with Crippen LogP contribution in [0.3, 0.4) is 0 Å². The smallest absolute Gasteiger partial charge is 0.308 e. The molecule has 126 valence electrons. The molecule has 0 aliphatic rings. The van der Waals surface area contributed by atoms with Crippen molar-refractivity contribution in [3.05, 3.63) is 65.7 Å². The van der Waals surface area contributed by atoms with Crippen molar-refractivity contribution in [1.29, 1.82) is 0 Å². The number of amides is 1. The van der Waals surface area contributed by atoms with Gasteiger partial charge in [0.15, 0.2) is 6.61 Å². The molecule has 2 rings (SSSR count). The molecule has 0 aliphatic carbocycles. The second kappa shape index (κ2) is 8.72. The van der Waals surface area contributed by atoms with Crippen LogP contribution in [0.2, 0.25) is 0 Å². The topological polar surface area (TPSA) is 75.6 Å². The highest BCUT2D eigenvalue weighted by molar-refractivity contribution is 5.78. The van der Waals surface area contributed by atoms with Crippen LogP contribution in [-0.4, -0.2) is 30.1 Å². The molecular formula is C19H21NO4. The zero-order valence-corrected chi connectivity index (χ0v) is 13.6. The molecule has 0 saturated heterocycles. The normalized spacial score (nSPS) is 11.5. The minimum atomic E-state index is -0.930. The molecule has 0 aromatic heterocycles. The molecule has 0 heterocycles. The van der Waals surface area contributed by atoms with Crippen LogP contribution in [0, 0.1) is 12.8 Å². The monoisotopic (exact) mass is 327 g/mol. The highest BCUT2D eigenvalue weighted by Gasteiger charge is 2.19. The number of benzene rings is 2. The Morgan fingerprint density at radius 1 is 1.12 bits per heavy atom. The zero-order chi connectivity index (χ0) is 17.4. The van der Waals surface area contributed by atoms with Crippen LogP contribution >= 0.6 is 0 Å². The van der Waals surface area contributed by atoms with Crippen LogP contribution in [-0.2, 0) is 16.0 Å². The van der Waals surface area contributed by atoms with E-state index in [-0.39, 0.29) is 19.1 Å². The van der Waals surface area contributed by atoms with Gasteiger partial charge in [0.2, 0.25) is 0 Å². The van der Waals surface area contributed by atoms with E-state index in [0.717, 1.165) is 11.1 Å². The third-order valence-electron chi connectivity index (χ3n) is 3.57. The van der Waals surface area contributed by atoms with Crippen LogP contribution in [0.1, 0.15) is 11.1 Å². The van der Waals surface area contributed by atoms with Crippen molar-refractivity contribution in [2.24, 2.45) is 5.92 Å². The van der Waals surface area contributed by atoms with Crippen LogP contribution in [0.25, 0.3) is 0 Å². The molecule has 1 atom stereocenters. The first-order valence-corrected chi connectivity index (χ1v) is 7.77. The van der Waals surface area contributed by atoms with Crippen LogP contribution < -0.4 is 10.1 Å². The third kappa shape index (κ3) is 5.76. The summed E-state index contributed by atoms with van der Waals surface area (Å²) in [5.74, 6) is -1.34. The fourth-order valence-corrected chi connectivity index (χ4v) is 2.32. The summed E-state index contributed by atoms with van der Waals surface area (Å²) in [4.78, 5) is 23.2. The predicted molar refractivity (Wildman–Crippen MR) is 91.0 cm³/mol. The van der Waals surface area contributed by atoms with Crippen LogP contribution in [0.4, 0.5) is 0 Å². The number of hydrogen-bond acceptors (Lipinski definition) is 3. The Hall–Kier alpha value is -2.82. The van der Waals surface area contributed by atoms with Gasteiger partial charge in [-0.3, -0.25) is 9.59 Å². The van der Waals surface area contributed by atoms with Gasteiger partial charge in [-0.2, -0.15) is 0 Å². The maximum absolute atomic E-state index is 11.8. The summed E-state index contributed by atoms with van der Waals surface area (Å²) < 4.78 is 5.34. The average molecular weight is 327 g/mol. The number of aryl methyl sites for hydroxylation is 1. The van der Waals surface area contributed by atoms with E-state index in [0.29, 0.717) is 12.2 Å². The molecular weight excluding hydrogens is 306 g/mol. The quantitative estimate of drug-likeness (QED) is 0.781. The number of aliphatic carboxylic acids is 1. The SMILES string of the molecule is Cc1cccc(CC(CNC(=O)COc2ccccc2)C(=O)O)c1. The summed E-state index contributed by atoms with van der Waals surface area (Å²) >= 11 is 0. The molecule has 0 radical (unpaired) electrons. The van der Waals surface area contributed by atoms with Gasteiger partial charge in [0, 0.05) is 6.54 Å². The summed E-state index contributed by atoms with van der Waals surface area (Å²) in [6.45, 7) is 1.89. The predicted octanol–water partition coefficient (Wildman–Crippen LogP) is 2.43. The third-order valence-corrected chi connectivity index (χ3v) is 3.57. The first-order valence-electron chi connectivity index (χ1n) is 7.77. The second-order valence-corrected chi connectivity index (χ2v) is 5.63. The van der Waals surface area contributed by atoms with E-state index in [1.54, 1.807) is 12.1 Å². The van der Waals surface area contributed by atoms with E-state index in [1.165, 1.54) is 0 Å². The van der Waals surface area contributed by atoms with E-state index < -0.39 is 11.9 Å². The molecule has 0 bridgehead atoms. The minimum Gasteiger partial charge on any atom is -0.484 e. The van der Waals surface area contributed by atoms with E-state index in [4.69, 9.17) is 4.74 Å². The lowest BCUT2D eigenvalue weighted by molar-refractivity contribution is -0.141. The first-order chi connectivity index (χ1) is 11.5. The minimum absolute atomic E-state index is 0.0697. The molecule has 2 aromatic rings. The highest BCUT2D eigenvalue weighted by Crippen LogP contribution is 2.11. The summed E-state index contributed by atoms with van der Waals surface area (Å²) in [5, 5.41) is 12.0. The second-order valence-electron chi connectivity index (χ2n) is 5.63. The lowest BCUT2D eigenvalue weighted by Crippen LogP contribution is -2.36. The molecule has 5 heteroatoms. The van der Waals surface area contributed by atoms with Crippen molar-refractivity contribution in [2.45, 2.75) is 13.3 Å². The van der Waals surface area contributed by atoms with Crippen molar-refractivity contribution < 1.29 is 19.4 Å². The number of carbonyl (C=O) groups is 2. The summed E-state index contributed by atoms with van der Waals surface area (Å²) in [5.41, 5.74) is 2.02. The fraction of sp³-hybridized carbons (Fsp3) is 0.263. The maximum atomic E-state index is 11.8. The number of ether oxygens (including phenoxy) is 1. The van der Waals surface area contributed by atoms with Gasteiger partial charge in [-0.1, -0.05) is 48.0 Å². The fourth-order valence-electron chi connectivity index (χ4n) is 2.32. The molecule has 2 N–H and O–H groups in total. The number of para-hydroxylation sites is 1. The van der Waals surface area contributed by atoms with Gasteiger partial charge >= 0.3 is 5.97 Å². The van der Waals surface area contributed by atoms with E-state index >= 15 is 0 Å². The number of carboxylic acids is 1. The standard InChI is InChI=1S/C19H21NO4/c1-14-6-5-7-15(10-14)11-16(19(22)23)12-20-18(21)13-24-17-8-3-2-4-9-17/h2-10,16H,11-13H2,1H3,(H,20,21)(H,22,23). The van der Waals surface area contributed by atoms with Gasteiger partial charge in [0.25, 0.3) is 5.91 Å². The molecule has 5 nitrogen and oxygen atoms in total. The van der Waals surface area contributed by atoms with E-state index in [9.17, 15) is 14.7 Å². The lowest BCUT2D eigenvalue weighted by atomic mass is 9.98. The first kappa shape index (κ1) is 17.5. The van der Waals surface area contributed by atoms with Crippen LogP contribution in [0.15, 0.2) is 54.6 Å². The summed E-state index contributed by atoms with van der Waals surface area (Å²) in [6.07, 6.45) is 0.372. The summed E-state index contributed by atoms with van der Waals surface area (Å²) in [6, 6.07) is 16.7. The Balaban J connectivity index is 1.82. The van der Waals surface area contributed by atoms with Gasteiger partial charge < -0.3 is 15.2 Å². The van der Waals surface area contributed by atoms with Crippen molar-refractivity contribution in [3.8, 4) is 5.75 Å². The number of carboxylic acid groups (broad SMARTS) is 1. The van der Waals surface area contributed by atoms with Gasteiger partial charge in [0.05, 0.1) is 5.92 Å². The van der Waals surface area contributed by atoms with Gasteiger partial charge in [-0.15, -0.1) is 0 Å². The Bertz CT molecular complexity index is 685. The van der Waals surface area contributed by atoms with E-state index in [1.807, 2.05) is 49.4 Å². The molecule has 0 aliphatic heterocycles. The van der Waals surface area contributed by atoms with Crippen molar-refractivity contribution in [1.82, 2.24) is 5.32 Å². The van der Waals surface area contributed by atoms with Crippen molar-refractivity contribution in [3.63, 3.8) is 0 Å². The average Bonchev–Trinajstić information content (AvgIpc) is 2.57. The molecule has 0 spiro atoms. The molecule has 0 fully saturated rings. The Morgan fingerprint density at radius 2 is 1.88 bits per heavy atom. The number of hydrogen-bond donors (Lipinski definition) is 2. The molecule has 24 heavy (non-hydrogen) atoms. The van der Waals surface area contributed by atoms with Crippen molar-refractivity contribution >= 4 is 11.9 Å². The highest BCUT2D eigenvalue weighted by atomic mass is 16.5. The zero-order valence-electron chi connectivity index (χ0n) is 13.6.